The molecule has 4 nitrogen and oxygen atoms in total. The number of aryl methyl sites for hydroxylation is 1. The normalized spacial score (nSPS) is 11.3. The largest absolute Gasteiger partial charge is 0.464 e. The van der Waals surface area contributed by atoms with Gasteiger partial charge in [0.15, 0.2) is 11.5 Å². The van der Waals surface area contributed by atoms with E-state index in [4.69, 9.17) is 8.83 Å². The Bertz CT molecular complexity index is 921. The van der Waals surface area contributed by atoms with Gasteiger partial charge in [0.25, 0.3) is 0 Å². The quantitative estimate of drug-likeness (QED) is 0.599. The molecule has 4 rings (SSSR count). The maximum Gasteiger partial charge on any atom is 0.192 e. The molecular weight excluding hydrogens is 264 g/mol. The summed E-state index contributed by atoms with van der Waals surface area (Å²) in [5.41, 5.74) is 4.75. The molecule has 0 aliphatic heterocycles. The number of hydrogen-bond acceptors (Lipinski definition) is 4. The second-order valence-corrected chi connectivity index (χ2v) is 5.03. The van der Waals surface area contributed by atoms with Crippen molar-refractivity contribution in [1.82, 2.24) is 4.98 Å². The van der Waals surface area contributed by atoms with E-state index in [1.165, 1.54) is 0 Å². The molecule has 0 aliphatic carbocycles. The number of oxazole rings is 1. The van der Waals surface area contributed by atoms with Gasteiger partial charge in [-0.2, -0.15) is 0 Å². The molecule has 0 amide bonds. The fourth-order valence-electron chi connectivity index (χ4n) is 2.52. The zero-order chi connectivity index (χ0) is 14.2. The summed E-state index contributed by atoms with van der Waals surface area (Å²) >= 11 is 0. The summed E-state index contributed by atoms with van der Waals surface area (Å²) in [7, 11) is 0. The summed E-state index contributed by atoms with van der Waals surface area (Å²) in [6, 6.07) is 14.0. The van der Waals surface area contributed by atoms with E-state index < -0.39 is 0 Å². The lowest BCUT2D eigenvalue weighted by atomic mass is 10.2. The van der Waals surface area contributed by atoms with Gasteiger partial charge < -0.3 is 14.2 Å². The van der Waals surface area contributed by atoms with Crippen molar-refractivity contribution >= 4 is 27.8 Å². The van der Waals surface area contributed by atoms with E-state index in [1.54, 1.807) is 6.26 Å². The summed E-state index contributed by atoms with van der Waals surface area (Å²) in [6.07, 6.45) is 1.80. The molecule has 0 bridgehead atoms. The minimum absolute atomic E-state index is 0.683. The molecule has 0 spiro atoms. The number of furan rings is 1. The number of hydrogen-bond donors (Lipinski definition) is 1. The van der Waals surface area contributed by atoms with Crippen LogP contribution in [0.4, 0.5) is 5.69 Å². The van der Waals surface area contributed by atoms with E-state index in [9.17, 15) is 0 Å². The number of benzene rings is 2. The first-order chi connectivity index (χ1) is 10.3. The molecule has 4 heteroatoms. The molecule has 0 fully saturated rings. The maximum absolute atomic E-state index is 5.54. The van der Waals surface area contributed by atoms with Crippen LogP contribution in [0, 0.1) is 6.92 Å². The standard InChI is InChI=1S/C17H14N2O2/c1-11-19-15-8-13(6-7-17(15)21-11)18-9-12-10-20-16-5-3-2-4-14(12)16/h2-8,10,18H,9H2,1H3. The first kappa shape index (κ1) is 12.0. The molecule has 0 saturated carbocycles. The van der Waals surface area contributed by atoms with Crippen molar-refractivity contribution in [2.75, 3.05) is 5.32 Å². The molecule has 2 heterocycles. The number of anilines is 1. The Morgan fingerprint density at radius 2 is 2.00 bits per heavy atom. The second-order valence-electron chi connectivity index (χ2n) is 5.03. The van der Waals surface area contributed by atoms with Crippen molar-refractivity contribution in [3.05, 3.63) is 60.2 Å². The zero-order valence-corrected chi connectivity index (χ0v) is 11.6. The SMILES string of the molecule is Cc1nc2cc(NCc3coc4ccccc34)ccc2o1. The molecule has 21 heavy (non-hydrogen) atoms. The molecule has 1 N–H and O–H groups in total. The Hall–Kier alpha value is -2.75. The van der Waals surface area contributed by atoms with Gasteiger partial charge in [0.1, 0.15) is 11.1 Å². The highest BCUT2D eigenvalue weighted by Crippen LogP contribution is 2.23. The van der Waals surface area contributed by atoms with E-state index in [2.05, 4.69) is 16.4 Å². The van der Waals surface area contributed by atoms with Crippen LogP contribution in [0.5, 0.6) is 0 Å². The van der Waals surface area contributed by atoms with Crippen LogP contribution in [0.15, 0.2) is 57.6 Å². The average Bonchev–Trinajstić information content (AvgIpc) is 3.07. The average molecular weight is 278 g/mol. The lowest BCUT2D eigenvalue weighted by Crippen LogP contribution is -1.98. The predicted molar refractivity (Wildman–Crippen MR) is 82.3 cm³/mol. The predicted octanol–water partition coefficient (Wildman–Crippen LogP) is 4.49. The fraction of sp³-hybridized carbons (Fsp3) is 0.118. The lowest BCUT2D eigenvalue weighted by molar-refractivity contribution is 0.561. The van der Waals surface area contributed by atoms with E-state index in [1.807, 2.05) is 43.3 Å². The molecule has 0 saturated heterocycles. The van der Waals surface area contributed by atoms with Gasteiger partial charge in [-0.25, -0.2) is 4.98 Å². The van der Waals surface area contributed by atoms with Crippen molar-refractivity contribution < 1.29 is 8.83 Å². The fourth-order valence-corrected chi connectivity index (χ4v) is 2.52. The van der Waals surface area contributed by atoms with Crippen LogP contribution in [0.2, 0.25) is 0 Å². The summed E-state index contributed by atoms with van der Waals surface area (Å²) < 4.78 is 11.0. The van der Waals surface area contributed by atoms with Crippen molar-refractivity contribution in [3.63, 3.8) is 0 Å². The van der Waals surface area contributed by atoms with Gasteiger partial charge in [-0.3, -0.25) is 0 Å². The first-order valence-electron chi connectivity index (χ1n) is 6.86. The van der Waals surface area contributed by atoms with Crippen LogP contribution in [0.3, 0.4) is 0 Å². The number of aromatic nitrogens is 1. The summed E-state index contributed by atoms with van der Waals surface area (Å²) in [6.45, 7) is 2.56. The molecular formula is C17H14N2O2. The molecule has 0 aliphatic rings. The van der Waals surface area contributed by atoms with Gasteiger partial charge >= 0.3 is 0 Å². The number of rotatable bonds is 3. The second kappa shape index (κ2) is 4.66. The number of nitrogens with one attached hydrogen (secondary N) is 1. The van der Waals surface area contributed by atoms with E-state index >= 15 is 0 Å². The van der Waals surface area contributed by atoms with E-state index in [-0.39, 0.29) is 0 Å². The highest BCUT2D eigenvalue weighted by atomic mass is 16.3. The molecule has 0 unspecified atom stereocenters. The third-order valence-corrected chi connectivity index (χ3v) is 3.54. The molecule has 0 atom stereocenters. The third kappa shape index (κ3) is 2.14. The number of fused-ring (bicyclic) bond motifs is 2. The van der Waals surface area contributed by atoms with Crippen molar-refractivity contribution in [2.45, 2.75) is 13.5 Å². The Balaban J connectivity index is 1.60. The monoisotopic (exact) mass is 278 g/mol. The van der Waals surface area contributed by atoms with Gasteiger partial charge in [-0.15, -0.1) is 0 Å². The Kier molecular flexibility index (Phi) is 2.67. The van der Waals surface area contributed by atoms with Crippen molar-refractivity contribution in [1.29, 1.82) is 0 Å². The molecule has 0 radical (unpaired) electrons. The Morgan fingerprint density at radius 3 is 2.95 bits per heavy atom. The molecule has 104 valence electrons. The maximum atomic E-state index is 5.54. The molecule has 2 aromatic carbocycles. The summed E-state index contributed by atoms with van der Waals surface area (Å²) in [5.74, 6) is 0.683. The van der Waals surface area contributed by atoms with Crippen LogP contribution in [-0.2, 0) is 6.54 Å². The first-order valence-corrected chi connectivity index (χ1v) is 6.86. The number of nitrogens with zero attached hydrogens (tertiary/aromatic N) is 1. The third-order valence-electron chi connectivity index (χ3n) is 3.54. The Labute approximate surface area is 121 Å². The van der Waals surface area contributed by atoms with Crippen LogP contribution in [0.1, 0.15) is 11.5 Å². The van der Waals surface area contributed by atoms with Crippen molar-refractivity contribution in [2.24, 2.45) is 0 Å². The van der Waals surface area contributed by atoms with Crippen LogP contribution >= 0.6 is 0 Å². The highest BCUT2D eigenvalue weighted by molar-refractivity contribution is 5.81. The molecule has 4 aromatic rings. The van der Waals surface area contributed by atoms with E-state index in [0.29, 0.717) is 12.4 Å². The van der Waals surface area contributed by atoms with Gasteiger partial charge in [0.05, 0.1) is 6.26 Å². The van der Waals surface area contributed by atoms with Gasteiger partial charge in [0, 0.05) is 30.1 Å². The highest BCUT2D eigenvalue weighted by Gasteiger charge is 2.06. The van der Waals surface area contributed by atoms with Gasteiger partial charge in [-0.05, 0) is 24.3 Å². The topological polar surface area (TPSA) is 51.2 Å². The minimum atomic E-state index is 0.683. The van der Waals surface area contributed by atoms with Crippen molar-refractivity contribution in [3.8, 4) is 0 Å². The van der Waals surface area contributed by atoms with Crippen LogP contribution < -0.4 is 5.32 Å². The molecule has 2 aromatic heterocycles. The number of para-hydroxylation sites is 1. The summed E-state index contributed by atoms with van der Waals surface area (Å²) in [5, 5.41) is 4.54. The minimum Gasteiger partial charge on any atom is -0.464 e. The Morgan fingerprint density at radius 1 is 1.10 bits per heavy atom. The van der Waals surface area contributed by atoms with E-state index in [0.717, 1.165) is 33.3 Å². The van der Waals surface area contributed by atoms with Crippen LogP contribution in [-0.4, -0.2) is 4.98 Å². The lowest BCUT2D eigenvalue weighted by Gasteiger charge is -2.04. The summed E-state index contributed by atoms with van der Waals surface area (Å²) in [4.78, 5) is 4.34. The van der Waals surface area contributed by atoms with Gasteiger partial charge in [-0.1, -0.05) is 18.2 Å². The zero-order valence-electron chi connectivity index (χ0n) is 11.6. The van der Waals surface area contributed by atoms with Gasteiger partial charge in [0.2, 0.25) is 0 Å². The smallest absolute Gasteiger partial charge is 0.192 e. The van der Waals surface area contributed by atoms with Crippen LogP contribution in [0.25, 0.3) is 22.1 Å².